The van der Waals surface area contributed by atoms with Crippen LogP contribution in [0.1, 0.15) is 11.5 Å². The molecular formula is C16H16N6O2. The van der Waals surface area contributed by atoms with E-state index in [4.69, 9.17) is 4.42 Å². The van der Waals surface area contributed by atoms with Crippen LogP contribution in [0, 0.1) is 6.92 Å². The van der Waals surface area contributed by atoms with Crippen LogP contribution in [0.25, 0.3) is 22.3 Å². The molecule has 4 rings (SSSR count). The van der Waals surface area contributed by atoms with Crippen LogP contribution in [0.5, 0.6) is 0 Å². The number of benzene rings is 1. The van der Waals surface area contributed by atoms with Crippen LogP contribution >= 0.6 is 0 Å². The van der Waals surface area contributed by atoms with E-state index in [9.17, 15) is 4.79 Å². The molecule has 0 spiro atoms. The molecule has 24 heavy (non-hydrogen) atoms. The van der Waals surface area contributed by atoms with Gasteiger partial charge in [0.05, 0.1) is 11.0 Å². The van der Waals surface area contributed by atoms with Gasteiger partial charge in [-0.05, 0) is 17.7 Å². The first-order valence-electron chi connectivity index (χ1n) is 7.51. The van der Waals surface area contributed by atoms with E-state index in [2.05, 4.69) is 20.3 Å². The Labute approximate surface area is 136 Å². The number of nitrogens with zero attached hydrogens (tertiary/aromatic N) is 5. The van der Waals surface area contributed by atoms with Crippen molar-refractivity contribution in [3.8, 4) is 0 Å². The highest BCUT2D eigenvalue weighted by Gasteiger charge is 2.11. The fourth-order valence-corrected chi connectivity index (χ4v) is 2.84. The largest absolute Gasteiger partial charge is 0.422 e. The standard InChI is InChI=1S/C16H16N6O2/c1-9-20-13-14(18-8-19-15(13)24-9)17-7-10-4-5-11-12(6-10)22(3)16(23)21(11)2/h4-6,8H,7H2,1-3H3,(H,17,18,19). The number of fused-ring (bicyclic) bond motifs is 2. The van der Waals surface area contributed by atoms with Crippen molar-refractivity contribution in [3.05, 3.63) is 46.5 Å². The summed E-state index contributed by atoms with van der Waals surface area (Å²) in [6, 6.07) is 5.93. The van der Waals surface area contributed by atoms with Crippen molar-refractivity contribution in [3.63, 3.8) is 0 Å². The molecule has 0 atom stereocenters. The summed E-state index contributed by atoms with van der Waals surface area (Å²) in [6.07, 6.45) is 1.44. The van der Waals surface area contributed by atoms with Gasteiger partial charge in [0.15, 0.2) is 17.2 Å². The summed E-state index contributed by atoms with van der Waals surface area (Å²) in [7, 11) is 3.54. The Morgan fingerprint density at radius 2 is 1.96 bits per heavy atom. The molecule has 0 radical (unpaired) electrons. The molecule has 0 bridgehead atoms. The monoisotopic (exact) mass is 324 g/mol. The van der Waals surface area contributed by atoms with Gasteiger partial charge in [-0.3, -0.25) is 9.13 Å². The number of nitrogens with one attached hydrogen (secondary N) is 1. The first-order valence-corrected chi connectivity index (χ1v) is 7.51. The second kappa shape index (κ2) is 5.19. The molecule has 0 aliphatic carbocycles. The van der Waals surface area contributed by atoms with Crippen LogP contribution in [-0.2, 0) is 20.6 Å². The minimum atomic E-state index is -0.0364. The summed E-state index contributed by atoms with van der Waals surface area (Å²) in [5.74, 6) is 1.17. The molecule has 8 nitrogen and oxygen atoms in total. The molecule has 8 heteroatoms. The molecule has 3 heterocycles. The number of hydrogen-bond donors (Lipinski definition) is 1. The van der Waals surface area contributed by atoms with E-state index in [1.54, 1.807) is 30.2 Å². The Hall–Kier alpha value is -3.16. The van der Waals surface area contributed by atoms with Crippen LogP contribution in [-0.4, -0.2) is 24.1 Å². The number of imidazole rings is 1. The first kappa shape index (κ1) is 14.4. The van der Waals surface area contributed by atoms with Gasteiger partial charge in [0.25, 0.3) is 5.71 Å². The topological polar surface area (TPSA) is 90.8 Å². The molecule has 0 saturated carbocycles. The lowest BCUT2D eigenvalue weighted by Gasteiger charge is -2.06. The van der Waals surface area contributed by atoms with Gasteiger partial charge in [0.1, 0.15) is 6.33 Å². The van der Waals surface area contributed by atoms with E-state index in [1.807, 2.05) is 18.2 Å². The van der Waals surface area contributed by atoms with Crippen LogP contribution in [0.2, 0.25) is 0 Å². The molecule has 0 fully saturated rings. The average molecular weight is 324 g/mol. The van der Waals surface area contributed by atoms with Crippen LogP contribution in [0.4, 0.5) is 5.82 Å². The second-order valence-corrected chi connectivity index (χ2v) is 5.69. The van der Waals surface area contributed by atoms with Crippen molar-refractivity contribution in [2.24, 2.45) is 14.1 Å². The van der Waals surface area contributed by atoms with Crippen molar-refractivity contribution in [2.75, 3.05) is 5.32 Å². The Kier molecular flexibility index (Phi) is 3.12. The van der Waals surface area contributed by atoms with Gasteiger partial charge >= 0.3 is 5.69 Å². The van der Waals surface area contributed by atoms with Crippen LogP contribution in [0.15, 0.2) is 33.7 Å². The van der Waals surface area contributed by atoms with Gasteiger partial charge in [0, 0.05) is 27.6 Å². The van der Waals surface area contributed by atoms with Gasteiger partial charge in [0.2, 0.25) is 0 Å². The lowest BCUT2D eigenvalue weighted by Crippen LogP contribution is -2.19. The fourth-order valence-electron chi connectivity index (χ4n) is 2.84. The SMILES string of the molecule is Cc1nc2c(NCc3ccc4c(c3)n(C)c(=O)n4C)ncnc2o1. The van der Waals surface area contributed by atoms with Gasteiger partial charge < -0.3 is 9.73 Å². The molecular weight excluding hydrogens is 308 g/mol. The summed E-state index contributed by atoms with van der Waals surface area (Å²) < 4.78 is 8.69. The third-order valence-electron chi connectivity index (χ3n) is 4.10. The van der Waals surface area contributed by atoms with E-state index >= 15 is 0 Å². The third kappa shape index (κ3) is 2.15. The van der Waals surface area contributed by atoms with E-state index in [-0.39, 0.29) is 5.69 Å². The van der Waals surface area contributed by atoms with E-state index in [1.165, 1.54) is 6.33 Å². The molecule has 1 N–H and O–H groups in total. The highest BCUT2D eigenvalue weighted by Crippen LogP contribution is 2.20. The molecule has 0 aliphatic heterocycles. The molecule has 0 aliphatic rings. The number of rotatable bonds is 3. The van der Waals surface area contributed by atoms with Crippen molar-refractivity contribution in [1.29, 1.82) is 0 Å². The van der Waals surface area contributed by atoms with Crippen molar-refractivity contribution in [2.45, 2.75) is 13.5 Å². The van der Waals surface area contributed by atoms with Crippen molar-refractivity contribution >= 4 is 28.1 Å². The summed E-state index contributed by atoms with van der Waals surface area (Å²) in [4.78, 5) is 24.6. The second-order valence-electron chi connectivity index (χ2n) is 5.69. The summed E-state index contributed by atoms with van der Waals surface area (Å²) in [5, 5.41) is 3.26. The first-order chi connectivity index (χ1) is 11.5. The van der Waals surface area contributed by atoms with Crippen molar-refractivity contribution in [1.82, 2.24) is 24.1 Å². The summed E-state index contributed by atoms with van der Waals surface area (Å²) in [5.41, 5.74) is 3.88. The zero-order valence-electron chi connectivity index (χ0n) is 13.6. The maximum absolute atomic E-state index is 12.0. The van der Waals surface area contributed by atoms with Gasteiger partial charge in [-0.15, -0.1) is 0 Å². The molecule has 1 aromatic carbocycles. The Morgan fingerprint density at radius 3 is 2.79 bits per heavy atom. The van der Waals surface area contributed by atoms with E-state index in [0.29, 0.717) is 29.5 Å². The predicted molar refractivity (Wildman–Crippen MR) is 89.8 cm³/mol. The van der Waals surface area contributed by atoms with E-state index in [0.717, 1.165) is 16.6 Å². The Bertz CT molecular complexity index is 1120. The molecule has 0 saturated heterocycles. The highest BCUT2D eigenvalue weighted by atomic mass is 16.4. The van der Waals surface area contributed by atoms with Crippen molar-refractivity contribution < 1.29 is 4.42 Å². The van der Waals surface area contributed by atoms with E-state index < -0.39 is 0 Å². The molecule has 0 amide bonds. The lowest BCUT2D eigenvalue weighted by atomic mass is 10.2. The average Bonchev–Trinajstić information content (AvgIpc) is 3.06. The Morgan fingerprint density at radius 1 is 1.17 bits per heavy atom. The normalized spacial score (nSPS) is 11.5. The number of anilines is 1. The third-order valence-corrected chi connectivity index (χ3v) is 4.10. The van der Waals surface area contributed by atoms with Gasteiger partial charge in [-0.2, -0.15) is 4.98 Å². The summed E-state index contributed by atoms with van der Waals surface area (Å²) >= 11 is 0. The zero-order chi connectivity index (χ0) is 16.8. The number of aryl methyl sites for hydroxylation is 3. The maximum Gasteiger partial charge on any atom is 0.328 e. The number of aromatic nitrogens is 5. The molecule has 4 aromatic rings. The predicted octanol–water partition coefficient (Wildman–Crippen LogP) is 1.73. The minimum Gasteiger partial charge on any atom is -0.422 e. The highest BCUT2D eigenvalue weighted by molar-refractivity contribution is 5.81. The minimum absolute atomic E-state index is 0.0364. The number of oxazole rings is 1. The summed E-state index contributed by atoms with van der Waals surface area (Å²) in [6.45, 7) is 2.33. The van der Waals surface area contributed by atoms with Gasteiger partial charge in [-0.1, -0.05) is 6.07 Å². The quantitative estimate of drug-likeness (QED) is 0.617. The molecule has 3 aromatic heterocycles. The lowest BCUT2D eigenvalue weighted by molar-refractivity contribution is 0.551. The maximum atomic E-state index is 12.0. The smallest absolute Gasteiger partial charge is 0.328 e. The zero-order valence-corrected chi connectivity index (χ0v) is 13.6. The molecule has 122 valence electrons. The Balaban J connectivity index is 1.67. The molecule has 0 unspecified atom stereocenters. The van der Waals surface area contributed by atoms with Crippen LogP contribution < -0.4 is 11.0 Å². The van der Waals surface area contributed by atoms with Crippen LogP contribution in [0.3, 0.4) is 0 Å². The fraction of sp³-hybridized carbons (Fsp3) is 0.250. The number of hydrogen-bond acceptors (Lipinski definition) is 6. The van der Waals surface area contributed by atoms with Gasteiger partial charge in [-0.25, -0.2) is 14.8 Å².